The molecule has 0 amide bonds. The minimum Gasteiger partial charge on any atom is -0.494 e. The van der Waals surface area contributed by atoms with Crippen LogP contribution in [0.1, 0.15) is 32.1 Å². The normalized spacial score (nSPS) is 21.0. The van der Waals surface area contributed by atoms with E-state index in [2.05, 4.69) is 4.90 Å². The molecule has 0 aliphatic carbocycles. The van der Waals surface area contributed by atoms with Gasteiger partial charge in [0.15, 0.2) is 0 Å². The smallest absolute Gasteiger partial charge is 0.119 e. The Labute approximate surface area is 121 Å². The van der Waals surface area contributed by atoms with Crippen molar-refractivity contribution < 1.29 is 4.74 Å². The van der Waals surface area contributed by atoms with E-state index in [1.165, 1.54) is 32.2 Å². The van der Waals surface area contributed by atoms with Crippen LogP contribution in [0.25, 0.3) is 0 Å². The molecule has 1 aliphatic rings. The third-order valence-electron chi connectivity index (χ3n) is 3.78. The highest BCUT2D eigenvalue weighted by atomic mass is 35.5. The van der Waals surface area contributed by atoms with Crippen LogP contribution in [0.5, 0.6) is 5.75 Å². The Bertz CT molecular complexity index is 344. The number of nitrogens with zero attached hydrogens (tertiary/aromatic N) is 1. The van der Waals surface area contributed by atoms with E-state index in [1.807, 2.05) is 30.3 Å². The van der Waals surface area contributed by atoms with Crippen molar-refractivity contribution in [3.05, 3.63) is 30.3 Å². The van der Waals surface area contributed by atoms with Crippen molar-refractivity contribution in [2.45, 2.75) is 38.1 Å². The van der Waals surface area contributed by atoms with Crippen molar-refractivity contribution in [3.8, 4) is 5.75 Å². The Morgan fingerprint density at radius 1 is 1.16 bits per heavy atom. The third-order valence-corrected chi connectivity index (χ3v) is 4.14. The van der Waals surface area contributed by atoms with Crippen molar-refractivity contribution in [1.82, 2.24) is 4.90 Å². The van der Waals surface area contributed by atoms with Crippen molar-refractivity contribution in [2.75, 3.05) is 25.6 Å². The van der Waals surface area contributed by atoms with Gasteiger partial charge >= 0.3 is 0 Å². The number of rotatable bonds is 6. The van der Waals surface area contributed by atoms with Gasteiger partial charge in [0.05, 0.1) is 6.61 Å². The second kappa shape index (κ2) is 8.44. The van der Waals surface area contributed by atoms with Crippen LogP contribution < -0.4 is 4.74 Å². The van der Waals surface area contributed by atoms with Crippen LogP contribution in [0.3, 0.4) is 0 Å². The molecule has 1 aromatic carbocycles. The van der Waals surface area contributed by atoms with Crippen LogP contribution >= 0.6 is 11.6 Å². The summed E-state index contributed by atoms with van der Waals surface area (Å²) < 4.78 is 5.74. The molecule has 1 saturated heterocycles. The lowest BCUT2D eigenvalue weighted by Gasteiger charge is -2.28. The zero-order chi connectivity index (χ0) is 13.3. The van der Waals surface area contributed by atoms with Crippen molar-refractivity contribution in [2.24, 2.45) is 0 Å². The van der Waals surface area contributed by atoms with E-state index in [4.69, 9.17) is 16.3 Å². The molecule has 0 spiro atoms. The molecule has 1 atom stereocenters. The van der Waals surface area contributed by atoms with E-state index >= 15 is 0 Å². The van der Waals surface area contributed by atoms with Gasteiger partial charge in [0, 0.05) is 18.5 Å². The number of alkyl halides is 1. The average molecular weight is 282 g/mol. The zero-order valence-corrected chi connectivity index (χ0v) is 12.3. The predicted molar refractivity (Wildman–Crippen MR) is 81.1 cm³/mol. The first kappa shape index (κ1) is 14.7. The van der Waals surface area contributed by atoms with Gasteiger partial charge in [-0.05, 0) is 37.9 Å². The summed E-state index contributed by atoms with van der Waals surface area (Å²) in [6.45, 7) is 3.09. The fourth-order valence-electron chi connectivity index (χ4n) is 2.68. The summed E-state index contributed by atoms with van der Waals surface area (Å²) in [6, 6.07) is 10.6. The molecule has 0 saturated carbocycles. The topological polar surface area (TPSA) is 12.5 Å². The number of halogens is 1. The Morgan fingerprint density at radius 2 is 2.00 bits per heavy atom. The highest BCUT2D eigenvalue weighted by molar-refractivity contribution is 6.18. The van der Waals surface area contributed by atoms with Gasteiger partial charge in [-0.15, -0.1) is 11.6 Å². The molecule has 1 heterocycles. The van der Waals surface area contributed by atoms with Crippen LogP contribution in [0.15, 0.2) is 30.3 Å². The summed E-state index contributed by atoms with van der Waals surface area (Å²) >= 11 is 6.08. The number of para-hydroxylation sites is 1. The first-order valence-electron chi connectivity index (χ1n) is 7.38. The molecule has 19 heavy (non-hydrogen) atoms. The molecule has 0 radical (unpaired) electrons. The highest BCUT2D eigenvalue weighted by Crippen LogP contribution is 2.18. The SMILES string of the molecule is ClCC1CCCCCN1CCCOc1ccccc1. The number of hydrogen-bond donors (Lipinski definition) is 0. The van der Waals surface area contributed by atoms with E-state index < -0.39 is 0 Å². The van der Waals surface area contributed by atoms with Crippen LogP contribution in [0, 0.1) is 0 Å². The van der Waals surface area contributed by atoms with Crippen molar-refractivity contribution in [1.29, 1.82) is 0 Å². The molecule has 2 nitrogen and oxygen atoms in total. The lowest BCUT2D eigenvalue weighted by molar-refractivity contribution is 0.194. The molecular formula is C16H24ClNO. The van der Waals surface area contributed by atoms with E-state index in [-0.39, 0.29) is 0 Å². The summed E-state index contributed by atoms with van der Waals surface area (Å²) in [5.74, 6) is 1.73. The van der Waals surface area contributed by atoms with E-state index in [0.717, 1.165) is 31.2 Å². The summed E-state index contributed by atoms with van der Waals surface area (Å²) in [5.41, 5.74) is 0. The number of hydrogen-bond acceptors (Lipinski definition) is 2. The summed E-state index contributed by atoms with van der Waals surface area (Å²) in [4.78, 5) is 2.55. The number of ether oxygens (including phenoxy) is 1. The maximum Gasteiger partial charge on any atom is 0.119 e. The molecule has 0 N–H and O–H groups in total. The van der Waals surface area contributed by atoms with E-state index in [0.29, 0.717) is 6.04 Å². The van der Waals surface area contributed by atoms with Crippen molar-refractivity contribution >= 4 is 11.6 Å². The van der Waals surface area contributed by atoms with Gasteiger partial charge in [0.2, 0.25) is 0 Å². The molecule has 106 valence electrons. The lowest BCUT2D eigenvalue weighted by Crippen LogP contribution is -2.37. The van der Waals surface area contributed by atoms with Gasteiger partial charge in [-0.1, -0.05) is 31.0 Å². The quantitative estimate of drug-likeness (QED) is 0.578. The highest BCUT2D eigenvalue weighted by Gasteiger charge is 2.19. The second-order valence-electron chi connectivity index (χ2n) is 5.21. The molecule has 1 aliphatic heterocycles. The Hall–Kier alpha value is -0.730. The van der Waals surface area contributed by atoms with Crippen LogP contribution in [-0.2, 0) is 0 Å². The van der Waals surface area contributed by atoms with Gasteiger partial charge in [-0.2, -0.15) is 0 Å². The molecular weight excluding hydrogens is 258 g/mol. The fraction of sp³-hybridized carbons (Fsp3) is 0.625. The summed E-state index contributed by atoms with van der Waals surface area (Å²) in [6.07, 6.45) is 6.32. The maximum absolute atomic E-state index is 6.08. The monoisotopic (exact) mass is 281 g/mol. The second-order valence-corrected chi connectivity index (χ2v) is 5.52. The standard InChI is InChI=1S/C16H24ClNO/c17-14-15-8-3-2-6-11-18(15)12-7-13-19-16-9-4-1-5-10-16/h1,4-5,9-10,15H,2-3,6-8,11-14H2. The maximum atomic E-state index is 6.08. The summed E-state index contributed by atoms with van der Waals surface area (Å²) in [7, 11) is 0. The molecule has 1 unspecified atom stereocenters. The van der Waals surface area contributed by atoms with Gasteiger partial charge in [-0.25, -0.2) is 0 Å². The van der Waals surface area contributed by atoms with Gasteiger partial charge in [-0.3, -0.25) is 4.90 Å². The number of likely N-dealkylation sites (tertiary alicyclic amines) is 1. The Morgan fingerprint density at radius 3 is 2.79 bits per heavy atom. The first-order valence-corrected chi connectivity index (χ1v) is 7.91. The molecule has 1 aromatic rings. The number of benzene rings is 1. The lowest BCUT2D eigenvalue weighted by atomic mass is 10.1. The minimum atomic E-state index is 0.570. The third kappa shape index (κ3) is 5.04. The van der Waals surface area contributed by atoms with Crippen molar-refractivity contribution in [3.63, 3.8) is 0 Å². The molecule has 1 fully saturated rings. The molecule has 3 heteroatoms. The fourth-order valence-corrected chi connectivity index (χ4v) is 3.03. The molecule has 0 bridgehead atoms. The molecule has 2 rings (SSSR count). The Balaban J connectivity index is 1.69. The van der Waals surface area contributed by atoms with Gasteiger partial charge < -0.3 is 4.74 Å². The average Bonchev–Trinajstić information content (AvgIpc) is 2.69. The Kier molecular flexibility index (Phi) is 6.52. The minimum absolute atomic E-state index is 0.570. The summed E-state index contributed by atoms with van der Waals surface area (Å²) in [5, 5.41) is 0. The largest absolute Gasteiger partial charge is 0.494 e. The van der Waals surface area contributed by atoms with E-state index in [1.54, 1.807) is 0 Å². The zero-order valence-electron chi connectivity index (χ0n) is 11.6. The van der Waals surface area contributed by atoms with E-state index in [9.17, 15) is 0 Å². The first-order chi connectivity index (χ1) is 9.40. The predicted octanol–water partition coefficient (Wildman–Crippen LogP) is 3.94. The van der Waals surface area contributed by atoms with Crippen LogP contribution in [0.4, 0.5) is 0 Å². The van der Waals surface area contributed by atoms with Crippen LogP contribution in [-0.4, -0.2) is 36.5 Å². The van der Waals surface area contributed by atoms with Gasteiger partial charge in [0.25, 0.3) is 0 Å². The van der Waals surface area contributed by atoms with Gasteiger partial charge in [0.1, 0.15) is 5.75 Å². The molecule has 0 aromatic heterocycles. The van der Waals surface area contributed by atoms with Crippen LogP contribution in [0.2, 0.25) is 0 Å².